The lowest BCUT2D eigenvalue weighted by Gasteiger charge is -2.27. The molecule has 0 saturated carbocycles. The van der Waals surface area contributed by atoms with Crippen molar-refractivity contribution < 1.29 is 32.7 Å². The first kappa shape index (κ1) is 29.2. The second kappa shape index (κ2) is 14.0. The summed E-state index contributed by atoms with van der Waals surface area (Å²) >= 11 is 2.96. The minimum absolute atomic E-state index is 0.0793. The summed E-state index contributed by atoms with van der Waals surface area (Å²) in [4.78, 5) is 41.1. The number of halogens is 3. The summed E-state index contributed by atoms with van der Waals surface area (Å²) in [7, 11) is 0. The lowest BCUT2D eigenvalue weighted by molar-refractivity contribution is -0.186. The minimum Gasteiger partial charge on any atom is -0.465 e. The molecule has 2 N–H and O–H groups in total. The summed E-state index contributed by atoms with van der Waals surface area (Å²) in [5.74, 6) is -2.35. The lowest BCUT2D eigenvalue weighted by Crippen LogP contribution is -2.47. The molecule has 1 aromatic carbocycles. The van der Waals surface area contributed by atoms with Gasteiger partial charge in [-0.05, 0) is 47.7 Å². The molecule has 12 heteroatoms. The van der Waals surface area contributed by atoms with E-state index in [2.05, 4.69) is 5.32 Å². The second-order valence-corrected chi connectivity index (χ2v) is 10.6. The summed E-state index contributed by atoms with van der Waals surface area (Å²) in [5.41, 5.74) is 0.559. The van der Waals surface area contributed by atoms with E-state index in [1.54, 1.807) is 35.2 Å². The molecule has 3 aromatic rings. The van der Waals surface area contributed by atoms with Crippen LogP contribution in [0.4, 0.5) is 18.0 Å². The van der Waals surface area contributed by atoms with E-state index in [0.29, 0.717) is 18.7 Å². The predicted molar refractivity (Wildman–Crippen MR) is 140 cm³/mol. The number of carboxylic acid groups (broad SMARTS) is 1. The fraction of sp³-hybridized carbons (Fsp3) is 0.346. The molecule has 1 atom stereocenters. The van der Waals surface area contributed by atoms with E-state index < -0.39 is 30.1 Å². The quantitative estimate of drug-likeness (QED) is 0.258. The number of thiophene rings is 2. The van der Waals surface area contributed by atoms with E-state index in [0.717, 1.165) is 14.7 Å². The molecular formula is C26H28F3N3O4S2. The zero-order valence-corrected chi connectivity index (χ0v) is 22.0. The molecule has 3 amide bonds. The van der Waals surface area contributed by atoms with Gasteiger partial charge in [0, 0.05) is 22.8 Å². The number of nitrogens with zero attached hydrogens (tertiary/aromatic N) is 2. The summed E-state index contributed by atoms with van der Waals surface area (Å²) in [6.07, 6.45) is -5.90. The number of benzene rings is 1. The highest BCUT2D eigenvalue weighted by molar-refractivity contribution is 7.10. The van der Waals surface area contributed by atoms with Crippen LogP contribution >= 0.6 is 22.7 Å². The van der Waals surface area contributed by atoms with E-state index in [-0.39, 0.29) is 32.4 Å². The molecule has 0 fully saturated rings. The third kappa shape index (κ3) is 9.18. The van der Waals surface area contributed by atoms with Crippen molar-refractivity contribution in [2.24, 2.45) is 0 Å². The summed E-state index contributed by atoms with van der Waals surface area (Å²) in [6.45, 7) is 0.216. The zero-order chi connectivity index (χ0) is 27.5. The fourth-order valence-corrected chi connectivity index (χ4v) is 5.35. The van der Waals surface area contributed by atoms with Crippen molar-refractivity contribution in [1.29, 1.82) is 0 Å². The molecule has 0 aliphatic carbocycles. The van der Waals surface area contributed by atoms with Crippen LogP contribution in [0.5, 0.6) is 0 Å². The van der Waals surface area contributed by atoms with Gasteiger partial charge in [0.2, 0.25) is 5.91 Å². The average molecular weight is 568 g/mol. The molecule has 7 nitrogen and oxygen atoms in total. The van der Waals surface area contributed by atoms with Crippen molar-refractivity contribution in [3.63, 3.8) is 0 Å². The highest BCUT2D eigenvalue weighted by Gasteiger charge is 2.42. The number of nitrogens with one attached hydrogen (secondary N) is 1. The maximum atomic E-state index is 13.4. The fourth-order valence-electron chi connectivity index (χ4n) is 3.91. The zero-order valence-electron chi connectivity index (χ0n) is 20.4. The van der Waals surface area contributed by atoms with Gasteiger partial charge in [-0.1, -0.05) is 42.5 Å². The predicted octanol–water partition coefficient (Wildman–Crippen LogP) is 5.74. The van der Waals surface area contributed by atoms with Crippen LogP contribution in [0.2, 0.25) is 0 Å². The van der Waals surface area contributed by atoms with Crippen molar-refractivity contribution in [2.45, 2.75) is 51.1 Å². The number of carbonyl (C=O) groups excluding carboxylic acids is 2. The Kier molecular flexibility index (Phi) is 10.7. The van der Waals surface area contributed by atoms with Gasteiger partial charge < -0.3 is 20.2 Å². The monoisotopic (exact) mass is 567 g/mol. The Morgan fingerprint density at radius 3 is 1.95 bits per heavy atom. The van der Waals surface area contributed by atoms with Crippen LogP contribution in [0.3, 0.4) is 0 Å². The van der Waals surface area contributed by atoms with Crippen molar-refractivity contribution >= 4 is 40.6 Å². The van der Waals surface area contributed by atoms with Crippen molar-refractivity contribution in [3.8, 4) is 0 Å². The molecule has 0 radical (unpaired) electrons. The van der Waals surface area contributed by atoms with Crippen LogP contribution < -0.4 is 5.32 Å². The van der Waals surface area contributed by atoms with Crippen LogP contribution in [0.1, 0.15) is 34.6 Å². The van der Waals surface area contributed by atoms with Gasteiger partial charge in [0.25, 0.3) is 0 Å². The first-order valence-corrected chi connectivity index (χ1v) is 13.6. The highest BCUT2D eigenvalue weighted by Crippen LogP contribution is 2.22. The Morgan fingerprint density at radius 2 is 1.45 bits per heavy atom. The van der Waals surface area contributed by atoms with Gasteiger partial charge in [-0.2, -0.15) is 13.2 Å². The molecule has 0 aliphatic heterocycles. The van der Waals surface area contributed by atoms with Crippen molar-refractivity contribution in [1.82, 2.24) is 15.1 Å². The number of amides is 3. The molecule has 204 valence electrons. The average Bonchev–Trinajstić information content (AvgIpc) is 3.58. The molecule has 2 heterocycles. The normalized spacial score (nSPS) is 12.1. The molecule has 0 saturated heterocycles. The molecule has 38 heavy (non-hydrogen) atoms. The topological polar surface area (TPSA) is 90.0 Å². The van der Waals surface area contributed by atoms with Gasteiger partial charge in [0.15, 0.2) is 0 Å². The van der Waals surface area contributed by atoms with E-state index in [1.807, 2.05) is 35.0 Å². The van der Waals surface area contributed by atoms with Crippen LogP contribution in [-0.4, -0.2) is 51.6 Å². The van der Waals surface area contributed by atoms with Gasteiger partial charge in [-0.15, -0.1) is 22.7 Å². The molecule has 2 aromatic heterocycles. The van der Waals surface area contributed by atoms with Gasteiger partial charge in [-0.25, -0.2) is 4.79 Å². The third-order valence-electron chi connectivity index (χ3n) is 5.68. The minimum atomic E-state index is -5.01. The second-order valence-electron chi connectivity index (χ2n) is 8.56. The maximum Gasteiger partial charge on any atom is 0.471 e. The standard InChI is InChI=1S/C26H28F3N3O4S2/c27-26(28,29)24(34)31(16-19-8-2-1-3-9-19)13-5-4-12-22(30-25(35)36)23(33)32(17-20-10-6-14-37-20)18-21-11-7-15-38-21/h1-3,6-11,14-15,22,30H,4-5,12-13,16-18H2,(H,35,36)/t22-/m0/s1. The van der Waals surface area contributed by atoms with Crippen LogP contribution in [0, 0.1) is 0 Å². The summed E-state index contributed by atoms with van der Waals surface area (Å²) in [6, 6.07) is 14.8. The molecule has 3 rings (SSSR count). The van der Waals surface area contributed by atoms with Crippen LogP contribution in [0.15, 0.2) is 65.4 Å². The van der Waals surface area contributed by atoms with E-state index in [9.17, 15) is 32.7 Å². The number of hydrogen-bond acceptors (Lipinski definition) is 5. The first-order valence-electron chi connectivity index (χ1n) is 11.9. The van der Waals surface area contributed by atoms with E-state index in [4.69, 9.17) is 0 Å². The van der Waals surface area contributed by atoms with Gasteiger partial charge in [0.1, 0.15) is 6.04 Å². The lowest BCUT2D eigenvalue weighted by atomic mass is 10.1. The van der Waals surface area contributed by atoms with E-state index >= 15 is 0 Å². The van der Waals surface area contributed by atoms with E-state index in [1.165, 1.54) is 22.7 Å². The molecule has 0 bridgehead atoms. The molecule has 0 unspecified atom stereocenters. The number of unbranched alkanes of at least 4 members (excludes halogenated alkanes) is 1. The number of alkyl halides is 3. The van der Waals surface area contributed by atoms with Gasteiger partial charge in [0.05, 0.1) is 13.1 Å². The third-order valence-corrected chi connectivity index (χ3v) is 7.40. The Hall–Kier alpha value is -3.38. The Labute approximate surface area is 226 Å². The van der Waals surface area contributed by atoms with Crippen molar-refractivity contribution in [3.05, 3.63) is 80.7 Å². The maximum absolute atomic E-state index is 13.4. The largest absolute Gasteiger partial charge is 0.471 e. The molecule has 0 spiro atoms. The van der Waals surface area contributed by atoms with Gasteiger partial charge >= 0.3 is 18.2 Å². The van der Waals surface area contributed by atoms with Crippen LogP contribution in [-0.2, 0) is 29.2 Å². The number of rotatable bonds is 13. The Balaban J connectivity index is 1.66. The summed E-state index contributed by atoms with van der Waals surface area (Å²) < 4.78 is 39.5. The number of carbonyl (C=O) groups is 3. The highest BCUT2D eigenvalue weighted by atomic mass is 32.1. The first-order chi connectivity index (χ1) is 18.1. The molecule has 0 aliphatic rings. The smallest absolute Gasteiger partial charge is 0.465 e. The summed E-state index contributed by atoms with van der Waals surface area (Å²) in [5, 5.41) is 15.4. The van der Waals surface area contributed by atoms with Gasteiger partial charge in [-0.3, -0.25) is 9.59 Å². The Bertz CT molecular complexity index is 1120. The SMILES string of the molecule is O=C(O)N[C@@H](CCCCN(Cc1ccccc1)C(=O)C(F)(F)F)C(=O)N(Cc1cccs1)Cc1cccs1. The van der Waals surface area contributed by atoms with Crippen LogP contribution in [0.25, 0.3) is 0 Å². The number of hydrogen-bond donors (Lipinski definition) is 2. The molecular weight excluding hydrogens is 539 g/mol. The Morgan fingerprint density at radius 1 is 0.842 bits per heavy atom. The van der Waals surface area contributed by atoms with Crippen molar-refractivity contribution in [2.75, 3.05) is 6.54 Å².